The quantitative estimate of drug-likeness (QED) is 0.934. The zero-order valence-corrected chi connectivity index (χ0v) is 11.0. The van der Waals surface area contributed by atoms with E-state index in [-0.39, 0.29) is 6.04 Å². The van der Waals surface area contributed by atoms with Crippen LogP contribution in [0.3, 0.4) is 0 Å². The van der Waals surface area contributed by atoms with Crippen LogP contribution in [-0.2, 0) is 6.54 Å². The number of nitrogens with zero attached hydrogens (tertiary/aromatic N) is 2. The molecule has 0 bridgehead atoms. The van der Waals surface area contributed by atoms with E-state index in [1.807, 2.05) is 17.7 Å². The number of hydrogen-bond acceptors (Lipinski definition) is 3. The Labute approximate surface area is 108 Å². The van der Waals surface area contributed by atoms with E-state index in [9.17, 15) is 0 Å². The van der Waals surface area contributed by atoms with Gasteiger partial charge in [0.2, 0.25) is 0 Å². The van der Waals surface area contributed by atoms with Gasteiger partial charge in [-0.1, -0.05) is 23.2 Å². The van der Waals surface area contributed by atoms with E-state index in [2.05, 4.69) is 4.98 Å². The Morgan fingerprint density at radius 1 is 1.56 bits per heavy atom. The Morgan fingerprint density at radius 3 is 2.88 bits per heavy atom. The Hall–Kier alpha value is -0.550. The van der Waals surface area contributed by atoms with Gasteiger partial charge in [0.15, 0.2) is 0 Å². The summed E-state index contributed by atoms with van der Waals surface area (Å²) < 4.78 is 3.26. The summed E-state index contributed by atoms with van der Waals surface area (Å²) in [6, 6.07) is 1.47. The highest BCUT2D eigenvalue weighted by molar-refractivity contribution is 7.20. The minimum Gasteiger partial charge on any atom is -0.334 e. The molecular weight excluding hydrogens is 265 g/mol. The summed E-state index contributed by atoms with van der Waals surface area (Å²) in [6.07, 6.45) is 3.64. The summed E-state index contributed by atoms with van der Waals surface area (Å²) >= 11 is 13.3. The van der Waals surface area contributed by atoms with Crippen molar-refractivity contribution < 1.29 is 0 Å². The van der Waals surface area contributed by atoms with Gasteiger partial charge in [0.25, 0.3) is 0 Å². The van der Waals surface area contributed by atoms with Crippen molar-refractivity contribution in [3.8, 4) is 0 Å². The summed E-state index contributed by atoms with van der Waals surface area (Å²) in [5.41, 5.74) is 6.96. The highest BCUT2D eigenvalue weighted by Crippen LogP contribution is 2.35. The molecule has 0 aliphatic carbocycles. The average Bonchev–Trinajstić information content (AvgIpc) is 2.83. The molecule has 2 rings (SSSR count). The van der Waals surface area contributed by atoms with Crippen molar-refractivity contribution in [3.63, 3.8) is 0 Å². The summed E-state index contributed by atoms with van der Waals surface area (Å²) in [6.45, 7) is 2.87. The molecule has 0 radical (unpaired) electrons. The van der Waals surface area contributed by atoms with E-state index >= 15 is 0 Å². The van der Waals surface area contributed by atoms with E-state index in [0.29, 0.717) is 8.67 Å². The second-order valence-corrected chi connectivity index (χ2v) is 5.61. The predicted molar refractivity (Wildman–Crippen MR) is 68.3 cm³/mol. The van der Waals surface area contributed by atoms with Gasteiger partial charge in [-0.05, 0) is 13.0 Å². The first kappa shape index (κ1) is 11.9. The molecule has 0 spiro atoms. The third-order valence-electron chi connectivity index (χ3n) is 2.38. The molecule has 0 saturated carbocycles. The van der Waals surface area contributed by atoms with Crippen LogP contribution in [0, 0.1) is 0 Å². The van der Waals surface area contributed by atoms with Gasteiger partial charge in [-0.25, -0.2) is 4.98 Å². The minimum atomic E-state index is -0.328. The lowest BCUT2D eigenvalue weighted by atomic mass is 10.1. The maximum atomic E-state index is 6.13. The molecule has 86 valence electrons. The van der Waals surface area contributed by atoms with Crippen molar-refractivity contribution in [3.05, 3.63) is 38.5 Å². The predicted octanol–water partition coefficient (Wildman–Crippen LogP) is 3.32. The number of thiophene rings is 1. The van der Waals surface area contributed by atoms with Gasteiger partial charge >= 0.3 is 0 Å². The molecular formula is C10H11Cl2N3S. The van der Waals surface area contributed by atoms with Gasteiger partial charge in [0.05, 0.1) is 14.7 Å². The molecule has 2 N–H and O–H groups in total. The van der Waals surface area contributed by atoms with E-state index in [4.69, 9.17) is 28.9 Å². The zero-order chi connectivity index (χ0) is 11.7. The maximum absolute atomic E-state index is 6.13. The summed E-state index contributed by atoms with van der Waals surface area (Å²) in [7, 11) is 0. The molecule has 0 fully saturated rings. The fourth-order valence-corrected chi connectivity index (χ4v) is 3.12. The van der Waals surface area contributed by atoms with Crippen LogP contribution in [0.5, 0.6) is 0 Å². The molecule has 0 amide bonds. The van der Waals surface area contributed by atoms with Crippen LogP contribution in [0.4, 0.5) is 0 Å². The molecule has 16 heavy (non-hydrogen) atoms. The SMILES string of the molecule is CCn1ccnc1C(N)c1cc(Cl)sc1Cl. The molecule has 0 saturated heterocycles. The zero-order valence-electron chi connectivity index (χ0n) is 8.65. The largest absolute Gasteiger partial charge is 0.334 e. The number of halogens is 2. The van der Waals surface area contributed by atoms with Crippen LogP contribution in [0.25, 0.3) is 0 Å². The molecule has 0 aliphatic rings. The van der Waals surface area contributed by atoms with Crippen LogP contribution in [0.1, 0.15) is 24.4 Å². The number of imidazole rings is 1. The summed E-state index contributed by atoms with van der Waals surface area (Å²) in [5.74, 6) is 0.805. The van der Waals surface area contributed by atoms with E-state index in [1.54, 1.807) is 12.3 Å². The van der Waals surface area contributed by atoms with Crippen molar-refractivity contribution in [2.75, 3.05) is 0 Å². The fourth-order valence-electron chi connectivity index (χ4n) is 1.57. The van der Waals surface area contributed by atoms with Gasteiger partial charge in [-0.15, -0.1) is 11.3 Å². The van der Waals surface area contributed by atoms with Gasteiger partial charge in [-0.3, -0.25) is 0 Å². The van der Waals surface area contributed by atoms with Crippen molar-refractivity contribution in [1.82, 2.24) is 9.55 Å². The first-order chi connectivity index (χ1) is 7.63. The van der Waals surface area contributed by atoms with Crippen LogP contribution in [0.15, 0.2) is 18.5 Å². The second-order valence-electron chi connectivity index (χ2n) is 3.33. The van der Waals surface area contributed by atoms with Crippen molar-refractivity contribution >= 4 is 34.5 Å². The molecule has 2 heterocycles. The highest BCUT2D eigenvalue weighted by atomic mass is 35.5. The first-order valence-electron chi connectivity index (χ1n) is 4.84. The Morgan fingerprint density at radius 2 is 2.31 bits per heavy atom. The molecule has 2 aromatic heterocycles. The number of hydrogen-bond donors (Lipinski definition) is 1. The highest BCUT2D eigenvalue weighted by Gasteiger charge is 2.19. The number of nitrogens with two attached hydrogens (primary N) is 1. The van der Waals surface area contributed by atoms with E-state index in [0.717, 1.165) is 17.9 Å². The summed E-state index contributed by atoms with van der Waals surface area (Å²) in [4.78, 5) is 4.25. The van der Waals surface area contributed by atoms with Gasteiger partial charge in [0, 0.05) is 24.5 Å². The number of aryl methyl sites for hydroxylation is 1. The average molecular weight is 276 g/mol. The smallest absolute Gasteiger partial charge is 0.130 e. The number of rotatable bonds is 3. The molecule has 6 heteroatoms. The fraction of sp³-hybridized carbons (Fsp3) is 0.300. The normalized spacial score (nSPS) is 13.0. The summed E-state index contributed by atoms with van der Waals surface area (Å²) in [5, 5.41) is 0. The van der Waals surface area contributed by atoms with Crippen LogP contribution in [-0.4, -0.2) is 9.55 Å². The first-order valence-corrected chi connectivity index (χ1v) is 6.42. The third-order valence-corrected chi connectivity index (χ3v) is 3.90. The van der Waals surface area contributed by atoms with E-state index < -0.39 is 0 Å². The van der Waals surface area contributed by atoms with Crippen molar-refractivity contribution in [2.24, 2.45) is 5.73 Å². The molecule has 0 aliphatic heterocycles. The van der Waals surface area contributed by atoms with Crippen LogP contribution < -0.4 is 5.73 Å². The van der Waals surface area contributed by atoms with Gasteiger partial charge in [0.1, 0.15) is 5.82 Å². The standard InChI is InChI=1S/C10H11Cl2N3S/c1-2-15-4-3-14-10(15)8(13)6-5-7(11)16-9(6)12/h3-5,8H,2,13H2,1H3. The third kappa shape index (κ3) is 2.11. The minimum absolute atomic E-state index is 0.328. The Kier molecular flexibility index (Phi) is 3.54. The van der Waals surface area contributed by atoms with Crippen LogP contribution in [0.2, 0.25) is 8.67 Å². The lowest BCUT2D eigenvalue weighted by Gasteiger charge is -2.12. The molecule has 3 nitrogen and oxygen atoms in total. The molecule has 1 unspecified atom stereocenters. The molecule has 2 aromatic rings. The van der Waals surface area contributed by atoms with Gasteiger partial charge < -0.3 is 10.3 Å². The van der Waals surface area contributed by atoms with Gasteiger partial charge in [-0.2, -0.15) is 0 Å². The lowest BCUT2D eigenvalue weighted by molar-refractivity contribution is 0.658. The Balaban J connectivity index is 2.38. The van der Waals surface area contributed by atoms with Crippen molar-refractivity contribution in [1.29, 1.82) is 0 Å². The van der Waals surface area contributed by atoms with Crippen molar-refractivity contribution in [2.45, 2.75) is 19.5 Å². The van der Waals surface area contributed by atoms with Crippen LogP contribution >= 0.6 is 34.5 Å². The Bertz CT molecular complexity index is 492. The maximum Gasteiger partial charge on any atom is 0.130 e. The topological polar surface area (TPSA) is 43.8 Å². The lowest BCUT2D eigenvalue weighted by Crippen LogP contribution is -2.17. The number of aromatic nitrogens is 2. The molecule has 1 atom stereocenters. The molecule has 0 aromatic carbocycles. The van der Waals surface area contributed by atoms with E-state index in [1.165, 1.54) is 11.3 Å². The monoisotopic (exact) mass is 275 g/mol. The second kappa shape index (κ2) is 4.75.